The Labute approximate surface area is 338 Å². The summed E-state index contributed by atoms with van der Waals surface area (Å²) in [7, 11) is 1.67. The van der Waals surface area contributed by atoms with E-state index in [2.05, 4.69) is 16.0 Å². The number of primary amides is 1. The Balaban J connectivity index is 0.00000215. The Bertz CT molecular complexity index is 1710. The first-order valence-electron chi connectivity index (χ1n) is 19.1. The second kappa shape index (κ2) is 22.4. The number of benzene rings is 2. The molecule has 4 atom stereocenters. The van der Waals surface area contributed by atoms with Crippen LogP contribution in [0.5, 0.6) is 5.75 Å². The molecule has 2 aliphatic heterocycles. The zero-order chi connectivity index (χ0) is 43.0. The zero-order valence-electron chi connectivity index (χ0n) is 33.8. The number of likely N-dealkylation sites (N-methyl/N-ethyl adjacent to an activating group) is 1. The summed E-state index contributed by atoms with van der Waals surface area (Å²) in [5.41, 5.74) is 6.22. The summed E-state index contributed by atoms with van der Waals surface area (Å²) in [5.74, 6) is -4.14. The van der Waals surface area contributed by atoms with Crippen LogP contribution in [0.1, 0.15) is 52.5 Å². The number of ether oxygens (including phenoxy) is 2. The minimum atomic E-state index is -1.76. The minimum Gasteiger partial charge on any atom is -0.484 e. The van der Waals surface area contributed by atoms with Gasteiger partial charge in [-0.3, -0.25) is 38.5 Å². The number of nitrogens with zero attached hydrogens (tertiary/aromatic N) is 3. The van der Waals surface area contributed by atoms with Gasteiger partial charge in [-0.2, -0.15) is 0 Å². The zero-order valence-corrected chi connectivity index (χ0v) is 33.8. The minimum absolute atomic E-state index is 0.0243. The molecule has 0 unspecified atom stereocenters. The van der Waals surface area contributed by atoms with Gasteiger partial charge < -0.3 is 51.2 Å². The van der Waals surface area contributed by atoms with Gasteiger partial charge in [0.1, 0.15) is 17.8 Å². The Morgan fingerprint density at radius 3 is 2.17 bits per heavy atom. The molecule has 2 heterocycles. The van der Waals surface area contributed by atoms with E-state index in [0.29, 0.717) is 56.1 Å². The number of carbonyl (C=O) groups excluding carboxylic acids is 6. The van der Waals surface area contributed by atoms with Crippen molar-refractivity contribution in [3.63, 3.8) is 0 Å². The number of nitrogens with two attached hydrogens (primary N) is 1. The highest BCUT2D eigenvalue weighted by molar-refractivity contribution is 5.95. The summed E-state index contributed by atoms with van der Waals surface area (Å²) in [6.07, 6.45) is -1.33. The maximum absolute atomic E-state index is 13.7. The van der Waals surface area contributed by atoms with Crippen LogP contribution in [0.3, 0.4) is 0 Å². The standard InChI is InChI=1S/C38H53N7O9.C2H4O2/c1-38(2,3)42-36(51)30-11-8-16-45(30)37(52)34(49)28(21-25-9-6-5-7-10-25)41-35(50)29(22-31(39)46)40-32(47)24-54-27-14-12-26(13-15-27)43(4)33(48)23-44-17-19-53-20-18-44;1-2(3)4/h5-7,9-10,12-15,28-30,34,49H,8,11,16-24H2,1-4H3,(H2,39,46)(H,40,47)(H,41,50)(H,42,51);1H3,(H,3,4)/t28-,29-,30-,34-;/m0./s1. The first-order valence-corrected chi connectivity index (χ1v) is 19.1. The summed E-state index contributed by atoms with van der Waals surface area (Å²) >= 11 is 0. The number of rotatable bonds is 16. The molecule has 18 nitrogen and oxygen atoms in total. The van der Waals surface area contributed by atoms with Gasteiger partial charge in [0.15, 0.2) is 12.7 Å². The van der Waals surface area contributed by atoms with Gasteiger partial charge in [0.05, 0.1) is 32.2 Å². The van der Waals surface area contributed by atoms with Gasteiger partial charge in [-0.05, 0) is 69.9 Å². The number of aliphatic hydroxyl groups excluding tert-OH is 1. The molecule has 2 aromatic carbocycles. The second-order valence-electron chi connectivity index (χ2n) is 15.1. The molecule has 0 bridgehead atoms. The van der Waals surface area contributed by atoms with Crippen molar-refractivity contribution >= 4 is 47.1 Å². The molecule has 0 aliphatic carbocycles. The lowest BCUT2D eigenvalue weighted by atomic mass is 9.99. The number of amides is 6. The number of nitrogens with one attached hydrogen (secondary N) is 3. The number of likely N-dealkylation sites (tertiary alicyclic amines) is 1. The fourth-order valence-electron chi connectivity index (χ4n) is 6.25. The maximum atomic E-state index is 13.7. The van der Waals surface area contributed by atoms with Crippen molar-refractivity contribution in [1.82, 2.24) is 25.8 Å². The summed E-state index contributed by atoms with van der Waals surface area (Å²) in [4.78, 5) is 92.0. The largest absolute Gasteiger partial charge is 0.484 e. The number of hydrogen-bond donors (Lipinski definition) is 6. The molecular weight excluding hydrogens is 754 g/mol. The van der Waals surface area contributed by atoms with Crippen molar-refractivity contribution in [2.45, 2.75) is 83.1 Å². The Hall–Kier alpha value is -5.59. The number of anilines is 1. The average molecular weight is 812 g/mol. The fourth-order valence-corrected chi connectivity index (χ4v) is 6.25. The summed E-state index contributed by atoms with van der Waals surface area (Å²) < 4.78 is 10.9. The molecule has 2 saturated heterocycles. The van der Waals surface area contributed by atoms with Crippen molar-refractivity contribution < 1.29 is 53.2 Å². The maximum Gasteiger partial charge on any atom is 0.300 e. The number of hydrogen-bond acceptors (Lipinski definition) is 11. The summed E-state index contributed by atoms with van der Waals surface area (Å²) in [5, 5.41) is 26.8. The molecule has 0 radical (unpaired) electrons. The third-order valence-electron chi connectivity index (χ3n) is 9.08. The summed E-state index contributed by atoms with van der Waals surface area (Å²) in [6, 6.07) is 12.0. The lowest BCUT2D eigenvalue weighted by Gasteiger charge is -2.32. The smallest absolute Gasteiger partial charge is 0.300 e. The lowest BCUT2D eigenvalue weighted by molar-refractivity contribution is -0.147. The van der Waals surface area contributed by atoms with Gasteiger partial charge in [0.25, 0.3) is 17.8 Å². The predicted molar refractivity (Wildman–Crippen MR) is 212 cm³/mol. The van der Waals surface area contributed by atoms with Crippen LogP contribution in [-0.4, -0.2) is 144 Å². The molecule has 0 saturated carbocycles. The van der Waals surface area contributed by atoms with Crippen LogP contribution in [0.4, 0.5) is 5.69 Å². The number of aliphatic hydroxyl groups is 1. The number of morpholine rings is 1. The Kier molecular flexibility index (Phi) is 18.1. The van der Waals surface area contributed by atoms with E-state index in [-0.39, 0.29) is 31.3 Å². The van der Waals surface area contributed by atoms with E-state index in [1.165, 1.54) is 9.80 Å². The molecule has 318 valence electrons. The monoisotopic (exact) mass is 811 g/mol. The lowest BCUT2D eigenvalue weighted by Crippen LogP contribution is -2.59. The van der Waals surface area contributed by atoms with E-state index >= 15 is 0 Å². The van der Waals surface area contributed by atoms with Gasteiger partial charge in [0.2, 0.25) is 23.6 Å². The van der Waals surface area contributed by atoms with Crippen LogP contribution in [0.25, 0.3) is 0 Å². The first-order chi connectivity index (χ1) is 27.3. The van der Waals surface area contributed by atoms with Crippen LogP contribution in [0.15, 0.2) is 54.6 Å². The van der Waals surface area contributed by atoms with Gasteiger partial charge in [-0.25, -0.2) is 0 Å². The number of carboxylic acid groups (broad SMARTS) is 1. The van der Waals surface area contributed by atoms with Crippen LogP contribution in [-0.2, 0) is 44.7 Å². The van der Waals surface area contributed by atoms with Crippen molar-refractivity contribution in [2.75, 3.05) is 57.9 Å². The van der Waals surface area contributed by atoms with Gasteiger partial charge >= 0.3 is 0 Å². The highest BCUT2D eigenvalue weighted by Gasteiger charge is 2.41. The van der Waals surface area contributed by atoms with Crippen LogP contribution >= 0.6 is 0 Å². The van der Waals surface area contributed by atoms with E-state index in [0.717, 1.165) is 6.92 Å². The topological polar surface area (TPSA) is 250 Å². The normalized spacial score (nSPS) is 17.0. The van der Waals surface area contributed by atoms with Gasteiger partial charge in [-0.1, -0.05) is 30.3 Å². The highest BCUT2D eigenvalue weighted by atomic mass is 16.5. The molecule has 2 fully saturated rings. The van der Waals surface area contributed by atoms with E-state index < -0.39 is 72.4 Å². The molecule has 2 aromatic rings. The van der Waals surface area contributed by atoms with Crippen LogP contribution < -0.4 is 31.3 Å². The van der Waals surface area contributed by atoms with Crippen molar-refractivity contribution in [3.05, 3.63) is 60.2 Å². The molecule has 0 aromatic heterocycles. The number of aliphatic carboxylic acids is 1. The molecule has 7 N–H and O–H groups in total. The quantitative estimate of drug-likeness (QED) is 0.129. The van der Waals surface area contributed by atoms with Gasteiger partial charge in [-0.15, -0.1) is 0 Å². The van der Waals surface area contributed by atoms with Crippen molar-refractivity contribution in [1.29, 1.82) is 0 Å². The number of carboxylic acids is 1. The SMILES string of the molecule is CC(=O)O.CN(C(=O)CN1CCOCC1)c1ccc(OCC(=O)N[C@@H](CC(N)=O)C(=O)N[C@@H](Cc2ccccc2)[C@H](O)C(=O)N2CCC[C@H]2C(=O)NC(C)(C)C)cc1. The predicted octanol–water partition coefficient (Wildman–Crippen LogP) is -0.194. The molecular formula is C40H57N7O11. The molecule has 4 rings (SSSR count). The Morgan fingerprint density at radius 2 is 1.59 bits per heavy atom. The van der Waals surface area contributed by atoms with Gasteiger partial charge in [0, 0.05) is 44.8 Å². The van der Waals surface area contributed by atoms with E-state index in [1.54, 1.807) is 61.6 Å². The van der Waals surface area contributed by atoms with E-state index in [9.17, 15) is 33.9 Å². The van der Waals surface area contributed by atoms with Crippen LogP contribution in [0.2, 0.25) is 0 Å². The van der Waals surface area contributed by atoms with Crippen molar-refractivity contribution in [3.8, 4) is 5.75 Å². The average Bonchev–Trinajstić information content (AvgIpc) is 3.66. The van der Waals surface area contributed by atoms with E-state index in [1.807, 2.05) is 25.7 Å². The third-order valence-corrected chi connectivity index (χ3v) is 9.08. The fraction of sp³-hybridized carbons (Fsp3) is 0.525. The second-order valence-corrected chi connectivity index (χ2v) is 15.1. The third kappa shape index (κ3) is 15.7. The summed E-state index contributed by atoms with van der Waals surface area (Å²) in [6.45, 7) is 9.10. The Morgan fingerprint density at radius 1 is 0.966 bits per heavy atom. The molecule has 18 heteroatoms. The number of carbonyl (C=O) groups is 7. The van der Waals surface area contributed by atoms with Crippen molar-refractivity contribution in [2.24, 2.45) is 5.73 Å². The first kappa shape index (κ1) is 46.8. The molecule has 2 aliphatic rings. The highest BCUT2D eigenvalue weighted by Crippen LogP contribution is 2.22. The molecule has 0 spiro atoms. The molecule has 6 amide bonds. The molecule has 58 heavy (non-hydrogen) atoms. The van der Waals surface area contributed by atoms with Crippen LogP contribution in [0, 0.1) is 0 Å². The van der Waals surface area contributed by atoms with E-state index in [4.69, 9.17) is 25.1 Å².